The average molecular weight is 473 g/mol. The number of nitrogens with zero attached hydrogens (tertiary/aromatic N) is 1. The van der Waals surface area contributed by atoms with Crippen LogP contribution in [-0.2, 0) is 11.2 Å². The van der Waals surface area contributed by atoms with Crippen LogP contribution in [0.2, 0.25) is 0 Å². The third kappa shape index (κ3) is 3.22. The summed E-state index contributed by atoms with van der Waals surface area (Å²) in [6.07, 6.45) is 5.87. The van der Waals surface area contributed by atoms with E-state index in [2.05, 4.69) is 19.1 Å². The van der Waals surface area contributed by atoms with E-state index in [1.807, 2.05) is 37.3 Å². The van der Waals surface area contributed by atoms with Crippen LogP contribution in [-0.4, -0.2) is 34.7 Å². The van der Waals surface area contributed by atoms with E-state index < -0.39 is 5.91 Å². The molecule has 1 saturated carbocycles. The summed E-state index contributed by atoms with van der Waals surface area (Å²) < 4.78 is 6.17. The highest BCUT2D eigenvalue weighted by atomic mass is 16.6. The van der Waals surface area contributed by atoms with Crippen LogP contribution in [0.15, 0.2) is 54.1 Å². The number of amides is 2. The van der Waals surface area contributed by atoms with Crippen LogP contribution in [0, 0.1) is 17.3 Å². The first-order chi connectivity index (χ1) is 16.8. The molecule has 1 heterocycles. The topological polar surface area (TPSA) is 92.9 Å². The van der Waals surface area contributed by atoms with Gasteiger partial charge in [0.1, 0.15) is 11.9 Å². The zero-order valence-corrected chi connectivity index (χ0v) is 20.2. The van der Waals surface area contributed by atoms with Crippen LogP contribution in [0.5, 0.6) is 5.75 Å². The van der Waals surface area contributed by atoms with Crippen molar-refractivity contribution in [2.24, 2.45) is 23.0 Å². The van der Waals surface area contributed by atoms with Gasteiger partial charge in [-0.15, -0.1) is 0 Å². The lowest BCUT2D eigenvalue weighted by molar-refractivity contribution is -0.0531. The van der Waals surface area contributed by atoms with E-state index in [1.165, 1.54) is 11.1 Å². The second-order valence-electron chi connectivity index (χ2n) is 10.9. The van der Waals surface area contributed by atoms with E-state index in [0.717, 1.165) is 36.8 Å². The predicted molar refractivity (Wildman–Crippen MR) is 132 cm³/mol. The number of phenolic OH excluding ortho intramolecular Hbond substituents is 1. The van der Waals surface area contributed by atoms with E-state index in [9.17, 15) is 14.7 Å². The Bertz CT molecular complexity index is 1250. The minimum Gasteiger partial charge on any atom is -0.508 e. The summed E-state index contributed by atoms with van der Waals surface area (Å²) in [5.41, 5.74) is 10.5. The van der Waals surface area contributed by atoms with Crippen LogP contribution >= 0.6 is 0 Å². The number of likely N-dealkylation sites (N-methyl/N-ethyl adjacent to an activating group) is 1. The van der Waals surface area contributed by atoms with Gasteiger partial charge >= 0.3 is 6.09 Å². The number of primary amides is 1. The molecular formula is C29H32N2O4. The molecule has 1 aliphatic heterocycles. The quantitative estimate of drug-likeness (QED) is 0.610. The normalized spacial score (nSPS) is 33.1. The van der Waals surface area contributed by atoms with Crippen molar-refractivity contribution in [1.82, 2.24) is 4.90 Å². The van der Waals surface area contributed by atoms with Crippen molar-refractivity contribution in [2.45, 2.75) is 57.6 Å². The van der Waals surface area contributed by atoms with Gasteiger partial charge in [0, 0.05) is 17.5 Å². The Morgan fingerprint density at radius 1 is 1.23 bits per heavy atom. The first-order valence-electron chi connectivity index (χ1n) is 12.7. The summed E-state index contributed by atoms with van der Waals surface area (Å²) in [5, 5.41) is 9.99. The average Bonchev–Trinajstić information content (AvgIpc) is 3.15. The Hall–Kier alpha value is -3.28. The van der Waals surface area contributed by atoms with Crippen LogP contribution < -0.4 is 5.73 Å². The van der Waals surface area contributed by atoms with Gasteiger partial charge in [-0.25, -0.2) is 4.79 Å². The number of phenols is 1. The van der Waals surface area contributed by atoms with Gasteiger partial charge in [0.25, 0.3) is 0 Å². The van der Waals surface area contributed by atoms with Gasteiger partial charge in [-0.3, -0.25) is 9.69 Å². The second kappa shape index (κ2) is 7.87. The third-order valence-electron chi connectivity index (χ3n) is 9.19. The summed E-state index contributed by atoms with van der Waals surface area (Å²) in [6, 6.07) is 12.9. The smallest absolute Gasteiger partial charge is 0.411 e. The van der Waals surface area contributed by atoms with Crippen LogP contribution in [0.3, 0.4) is 0 Å². The van der Waals surface area contributed by atoms with Crippen molar-refractivity contribution >= 4 is 12.0 Å². The molecule has 1 saturated heterocycles. The summed E-state index contributed by atoms with van der Waals surface area (Å²) in [6.45, 7) is 4.76. The number of carbonyl (C=O) groups is 2. The van der Waals surface area contributed by atoms with Gasteiger partial charge in [-0.05, 0) is 96.9 Å². The molecule has 0 bridgehead atoms. The molecule has 182 valence electrons. The number of hydrogen-bond donors (Lipinski definition) is 2. The van der Waals surface area contributed by atoms with E-state index in [-0.39, 0.29) is 23.7 Å². The number of fused-ring (bicyclic) bond motifs is 7. The molecule has 2 aromatic carbocycles. The molecule has 6 atom stereocenters. The molecule has 4 aliphatic rings. The van der Waals surface area contributed by atoms with Crippen LogP contribution in [0.1, 0.15) is 72.1 Å². The lowest BCUT2D eigenvalue weighted by Crippen LogP contribution is -2.52. The number of allylic oxidation sites excluding steroid dienone is 1. The molecule has 0 spiro atoms. The molecule has 6 nitrogen and oxygen atoms in total. The van der Waals surface area contributed by atoms with Crippen molar-refractivity contribution in [3.8, 4) is 5.75 Å². The summed E-state index contributed by atoms with van der Waals surface area (Å²) >= 11 is 0. The predicted octanol–water partition coefficient (Wildman–Crippen LogP) is 5.08. The van der Waals surface area contributed by atoms with Gasteiger partial charge in [-0.2, -0.15) is 0 Å². The molecule has 2 fully saturated rings. The van der Waals surface area contributed by atoms with Gasteiger partial charge in [0.2, 0.25) is 5.91 Å². The fourth-order valence-corrected chi connectivity index (χ4v) is 7.58. The molecule has 6 heteroatoms. The summed E-state index contributed by atoms with van der Waals surface area (Å²) in [4.78, 5) is 26.9. The van der Waals surface area contributed by atoms with Crippen LogP contribution in [0.25, 0.3) is 0 Å². The van der Waals surface area contributed by atoms with E-state index in [4.69, 9.17) is 10.5 Å². The van der Waals surface area contributed by atoms with Crippen molar-refractivity contribution in [3.63, 3.8) is 0 Å². The molecule has 2 amide bonds. The lowest BCUT2D eigenvalue weighted by atomic mass is 9.55. The van der Waals surface area contributed by atoms with E-state index in [0.29, 0.717) is 35.6 Å². The summed E-state index contributed by atoms with van der Waals surface area (Å²) in [5.74, 6) is 1.08. The summed E-state index contributed by atoms with van der Waals surface area (Å²) in [7, 11) is 0. The highest BCUT2D eigenvalue weighted by molar-refractivity contribution is 5.93. The zero-order chi connectivity index (χ0) is 24.5. The molecule has 35 heavy (non-hydrogen) atoms. The maximum atomic E-state index is 13.2. The Morgan fingerprint density at radius 3 is 2.83 bits per heavy atom. The zero-order valence-electron chi connectivity index (χ0n) is 20.2. The molecule has 0 unspecified atom stereocenters. The first-order valence-corrected chi connectivity index (χ1v) is 12.7. The SMILES string of the molecule is CCN1C(=O)O[C@H]2C(=C[C@H]3[C@@H]4CCc5cc(O)ccc5[C@H]4CC[C@]23C)[C@@H]1c1cccc(C(N)=O)c1. The van der Waals surface area contributed by atoms with Crippen LogP contribution in [0.4, 0.5) is 4.79 Å². The Balaban J connectivity index is 1.43. The number of ether oxygens (including phenoxy) is 1. The highest BCUT2D eigenvalue weighted by Gasteiger charge is 2.60. The molecular weight excluding hydrogens is 440 g/mol. The van der Waals surface area contributed by atoms with E-state index >= 15 is 0 Å². The number of aryl methyl sites for hydroxylation is 1. The van der Waals surface area contributed by atoms with Gasteiger partial charge < -0.3 is 15.6 Å². The molecule has 0 aromatic heterocycles. The first kappa shape index (κ1) is 22.2. The molecule has 3 aliphatic carbocycles. The van der Waals surface area contributed by atoms with E-state index in [1.54, 1.807) is 11.0 Å². The molecule has 3 N–H and O–H groups in total. The van der Waals surface area contributed by atoms with Gasteiger partial charge in [-0.1, -0.05) is 31.2 Å². The number of carbonyl (C=O) groups excluding carboxylic acids is 2. The minimum atomic E-state index is -0.472. The monoisotopic (exact) mass is 472 g/mol. The largest absolute Gasteiger partial charge is 0.508 e. The minimum absolute atomic E-state index is 0.153. The van der Waals surface area contributed by atoms with Crippen molar-refractivity contribution < 1.29 is 19.4 Å². The fourth-order valence-electron chi connectivity index (χ4n) is 7.58. The molecule has 6 rings (SSSR count). The molecule has 0 radical (unpaired) electrons. The molecule has 2 aromatic rings. The third-order valence-corrected chi connectivity index (χ3v) is 9.19. The fraction of sp³-hybridized carbons (Fsp3) is 0.448. The number of rotatable bonds is 3. The van der Waals surface area contributed by atoms with Crippen molar-refractivity contribution in [1.29, 1.82) is 0 Å². The van der Waals surface area contributed by atoms with Crippen molar-refractivity contribution in [3.05, 3.63) is 76.4 Å². The number of aromatic hydroxyl groups is 1. The second-order valence-corrected chi connectivity index (χ2v) is 10.9. The number of benzene rings is 2. The Labute approximate surface area is 205 Å². The van der Waals surface area contributed by atoms with Crippen molar-refractivity contribution in [2.75, 3.05) is 6.54 Å². The van der Waals surface area contributed by atoms with Gasteiger partial charge in [0.05, 0.1) is 6.04 Å². The standard InChI is InChI=1S/C29H32N2O4/c1-3-31-25(17-5-4-6-18(13-17)27(30)33)23-15-24-22-9-7-16-14-19(32)8-10-20(16)21(22)11-12-29(24,2)26(23)35-28(31)34/h4-6,8,10,13-15,21-22,24-26,32H,3,7,9,11-12H2,1-2H3,(H2,30,33)/t21-,22-,24+,25+,26+,29+/m1/s1. The maximum Gasteiger partial charge on any atom is 0.411 e. The Morgan fingerprint density at radius 2 is 2.06 bits per heavy atom. The highest BCUT2D eigenvalue weighted by Crippen LogP contribution is 2.63. The van der Waals surface area contributed by atoms with Gasteiger partial charge in [0.15, 0.2) is 0 Å². The Kier molecular flexibility index (Phi) is 4.99. The lowest BCUT2D eigenvalue weighted by Gasteiger charge is -2.51. The maximum absolute atomic E-state index is 13.2. The number of hydrogen-bond acceptors (Lipinski definition) is 4. The number of nitrogens with two attached hydrogens (primary N) is 1.